The Kier molecular flexibility index (Phi) is 6.97. The fourth-order valence-corrected chi connectivity index (χ4v) is 3.78. The topological polar surface area (TPSA) is 58.4 Å². The number of nitrogens with two attached hydrogens (primary N) is 1. The van der Waals surface area contributed by atoms with Crippen LogP contribution in [0.1, 0.15) is 64.7 Å². The number of unbranched alkanes of at least 4 members (excludes halogenated alkanes) is 1. The molecular formula is C17H33N3O. The van der Waals surface area contributed by atoms with Gasteiger partial charge in [-0.1, -0.05) is 26.2 Å². The summed E-state index contributed by atoms with van der Waals surface area (Å²) in [6.45, 7) is 5.46. The molecule has 21 heavy (non-hydrogen) atoms. The van der Waals surface area contributed by atoms with Gasteiger partial charge in [-0.15, -0.1) is 0 Å². The summed E-state index contributed by atoms with van der Waals surface area (Å²) in [6.07, 6.45) is 10.4. The SMILES string of the molecule is CCCCN1CCCCC1CNC(=O)C1CCCC(N)C1. The number of carbonyl (C=O) groups excluding carboxylic acids is 1. The molecular weight excluding hydrogens is 262 g/mol. The summed E-state index contributed by atoms with van der Waals surface area (Å²) in [4.78, 5) is 14.9. The molecule has 2 fully saturated rings. The molecule has 2 aliphatic rings. The highest BCUT2D eigenvalue weighted by molar-refractivity contribution is 5.78. The van der Waals surface area contributed by atoms with E-state index in [1.165, 1.54) is 45.2 Å². The number of rotatable bonds is 6. The molecule has 1 heterocycles. The first-order valence-corrected chi connectivity index (χ1v) is 8.98. The lowest BCUT2D eigenvalue weighted by atomic mass is 9.85. The molecule has 122 valence electrons. The van der Waals surface area contributed by atoms with Gasteiger partial charge in [0.1, 0.15) is 0 Å². The van der Waals surface area contributed by atoms with E-state index < -0.39 is 0 Å². The number of nitrogens with one attached hydrogen (secondary N) is 1. The summed E-state index contributed by atoms with van der Waals surface area (Å²) < 4.78 is 0. The highest BCUT2D eigenvalue weighted by Crippen LogP contribution is 2.23. The molecule has 0 radical (unpaired) electrons. The van der Waals surface area contributed by atoms with Crippen LogP contribution in [0.25, 0.3) is 0 Å². The van der Waals surface area contributed by atoms with Gasteiger partial charge in [-0.3, -0.25) is 9.69 Å². The number of hydrogen-bond donors (Lipinski definition) is 2. The first-order valence-electron chi connectivity index (χ1n) is 8.98. The molecule has 1 saturated carbocycles. The number of piperidine rings is 1. The van der Waals surface area contributed by atoms with Crippen LogP contribution in [0.5, 0.6) is 0 Å². The quantitative estimate of drug-likeness (QED) is 0.790. The van der Waals surface area contributed by atoms with Crippen molar-refractivity contribution in [2.24, 2.45) is 11.7 Å². The maximum absolute atomic E-state index is 12.3. The van der Waals surface area contributed by atoms with Crippen molar-refractivity contribution in [2.45, 2.75) is 76.8 Å². The van der Waals surface area contributed by atoms with E-state index >= 15 is 0 Å². The van der Waals surface area contributed by atoms with Gasteiger partial charge in [0, 0.05) is 24.5 Å². The first-order chi connectivity index (χ1) is 10.2. The van der Waals surface area contributed by atoms with Gasteiger partial charge in [0.25, 0.3) is 0 Å². The molecule has 2 rings (SSSR count). The lowest BCUT2D eigenvalue weighted by Gasteiger charge is -2.36. The molecule has 3 N–H and O–H groups in total. The average molecular weight is 295 g/mol. The predicted octanol–water partition coefficient (Wildman–Crippen LogP) is 2.27. The predicted molar refractivity (Wildman–Crippen MR) is 87.1 cm³/mol. The lowest BCUT2D eigenvalue weighted by molar-refractivity contribution is -0.126. The standard InChI is InChI=1S/C17H33N3O/c1-2-3-10-20-11-5-4-9-16(20)13-19-17(21)14-7-6-8-15(18)12-14/h14-16H,2-13,18H2,1H3,(H,19,21). The van der Waals surface area contributed by atoms with Gasteiger partial charge in [-0.05, 0) is 51.6 Å². The lowest BCUT2D eigenvalue weighted by Crippen LogP contribution is -2.48. The molecule has 1 saturated heterocycles. The zero-order valence-electron chi connectivity index (χ0n) is 13.7. The third kappa shape index (κ3) is 5.26. The van der Waals surface area contributed by atoms with E-state index in [2.05, 4.69) is 17.1 Å². The smallest absolute Gasteiger partial charge is 0.223 e. The largest absolute Gasteiger partial charge is 0.354 e. The summed E-state index contributed by atoms with van der Waals surface area (Å²) in [5.41, 5.74) is 5.99. The normalized spacial score (nSPS) is 31.0. The van der Waals surface area contributed by atoms with Crippen molar-refractivity contribution in [2.75, 3.05) is 19.6 Å². The number of carbonyl (C=O) groups is 1. The highest BCUT2D eigenvalue weighted by Gasteiger charge is 2.27. The number of amides is 1. The Bertz CT molecular complexity index is 321. The number of hydrogen-bond acceptors (Lipinski definition) is 3. The fourth-order valence-electron chi connectivity index (χ4n) is 3.78. The van der Waals surface area contributed by atoms with Crippen molar-refractivity contribution in [1.29, 1.82) is 0 Å². The second kappa shape index (κ2) is 8.74. The maximum atomic E-state index is 12.3. The van der Waals surface area contributed by atoms with Crippen LogP contribution in [-0.2, 0) is 4.79 Å². The molecule has 1 amide bonds. The molecule has 1 aliphatic carbocycles. The Hall–Kier alpha value is -0.610. The Morgan fingerprint density at radius 2 is 2.10 bits per heavy atom. The van der Waals surface area contributed by atoms with Crippen molar-refractivity contribution in [3.8, 4) is 0 Å². The zero-order chi connectivity index (χ0) is 15.1. The third-order valence-electron chi connectivity index (χ3n) is 5.15. The molecule has 3 atom stereocenters. The Balaban J connectivity index is 1.75. The zero-order valence-corrected chi connectivity index (χ0v) is 13.7. The van der Waals surface area contributed by atoms with Gasteiger partial charge in [-0.2, -0.15) is 0 Å². The van der Waals surface area contributed by atoms with Crippen LogP contribution in [0.4, 0.5) is 0 Å². The van der Waals surface area contributed by atoms with E-state index in [0.717, 1.165) is 32.2 Å². The molecule has 0 bridgehead atoms. The molecule has 0 spiro atoms. The molecule has 0 aromatic rings. The highest BCUT2D eigenvalue weighted by atomic mass is 16.1. The van der Waals surface area contributed by atoms with Crippen LogP contribution in [0.3, 0.4) is 0 Å². The number of nitrogens with zero attached hydrogens (tertiary/aromatic N) is 1. The minimum Gasteiger partial charge on any atom is -0.354 e. The first kappa shape index (κ1) is 16.8. The molecule has 1 aliphatic heterocycles. The van der Waals surface area contributed by atoms with Gasteiger partial charge in [0.2, 0.25) is 5.91 Å². The minimum atomic E-state index is 0.154. The van der Waals surface area contributed by atoms with Crippen molar-refractivity contribution in [3.05, 3.63) is 0 Å². The van der Waals surface area contributed by atoms with Crippen LogP contribution in [0.15, 0.2) is 0 Å². The van der Waals surface area contributed by atoms with Crippen molar-refractivity contribution in [3.63, 3.8) is 0 Å². The third-order valence-corrected chi connectivity index (χ3v) is 5.15. The molecule has 4 nitrogen and oxygen atoms in total. The fraction of sp³-hybridized carbons (Fsp3) is 0.941. The second-order valence-corrected chi connectivity index (χ2v) is 6.91. The monoisotopic (exact) mass is 295 g/mol. The Morgan fingerprint density at radius 3 is 2.86 bits per heavy atom. The number of likely N-dealkylation sites (tertiary alicyclic amines) is 1. The molecule has 3 unspecified atom stereocenters. The van der Waals surface area contributed by atoms with Crippen LogP contribution in [-0.4, -0.2) is 42.5 Å². The van der Waals surface area contributed by atoms with Crippen molar-refractivity contribution >= 4 is 5.91 Å². The van der Waals surface area contributed by atoms with Gasteiger partial charge >= 0.3 is 0 Å². The van der Waals surface area contributed by atoms with Crippen LogP contribution in [0.2, 0.25) is 0 Å². The summed E-state index contributed by atoms with van der Waals surface area (Å²) >= 11 is 0. The van der Waals surface area contributed by atoms with Crippen molar-refractivity contribution in [1.82, 2.24) is 10.2 Å². The van der Waals surface area contributed by atoms with E-state index in [9.17, 15) is 4.79 Å². The summed E-state index contributed by atoms with van der Waals surface area (Å²) in [7, 11) is 0. The van der Waals surface area contributed by atoms with Gasteiger partial charge < -0.3 is 11.1 Å². The molecule has 0 aromatic carbocycles. The van der Waals surface area contributed by atoms with E-state index in [1.54, 1.807) is 0 Å². The van der Waals surface area contributed by atoms with Crippen molar-refractivity contribution < 1.29 is 4.79 Å². The van der Waals surface area contributed by atoms with Gasteiger partial charge in [-0.25, -0.2) is 0 Å². The van der Waals surface area contributed by atoms with E-state index in [-0.39, 0.29) is 17.9 Å². The summed E-state index contributed by atoms with van der Waals surface area (Å²) in [5.74, 6) is 0.396. The Labute approximate surface area is 129 Å². The van der Waals surface area contributed by atoms with Gasteiger partial charge in [0.05, 0.1) is 0 Å². The van der Waals surface area contributed by atoms with E-state index in [1.807, 2.05) is 0 Å². The maximum Gasteiger partial charge on any atom is 0.223 e. The summed E-state index contributed by atoms with van der Waals surface area (Å²) in [5, 5.41) is 3.21. The average Bonchev–Trinajstić information content (AvgIpc) is 2.51. The molecule has 4 heteroatoms. The summed E-state index contributed by atoms with van der Waals surface area (Å²) in [6, 6.07) is 0.775. The molecule has 0 aromatic heterocycles. The van der Waals surface area contributed by atoms with Gasteiger partial charge in [0.15, 0.2) is 0 Å². The van der Waals surface area contributed by atoms with Crippen LogP contribution < -0.4 is 11.1 Å². The van der Waals surface area contributed by atoms with Crippen LogP contribution >= 0.6 is 0 Å². The van der Waals surface area contributed by atoms with E-state index in [4.69, 9.17) is 5.73 Å². The Morgan fingerprint density at radius 1 is 1.24 bits per heavy atom. The van der Waals surface area contributed by atoms with Crippen LogP contribution in [0, 0.1) is 5.92 Å². The second-order valence-electron chi connectivity index (χ2n) is 6.91. The minimum absolute atomic E-state index is 0.154. The van der Waals surface area contributed by atoms with E-state index in [0.29, 0.717) is 6.04 Å².